The number of phenols is 1. The Morgan fingerprint density at radius 3 is 2.55 bits per heavy atom. The minimum atomic E-state index is -0.725. The average molecular weight is 299 g/mol. The minimum Gasteiger partial charge on any atom is -0.508 e. The fourth-order valence-electron chi connectivity index (χ4n) is 2.29. The zero-order valence-electron chi connectivity index (χ0n) is 12.8. The number of nitrogens with one attached hydrogen (secondary N) is 1. The van der Waals surface area contributed by atoms with Gasteiger partial charge in [-0.05, 0) is 42.2 Å². The van der Waals surface area contributed by atoms with Crippen molar-refractivity contribution in [2.75, 3.05) is 6.54 Å². The first-order valence-corrected chi connectivity index (χ1v) is 7.26. The van der Waals surface area contributed by atoms with Crippen LogP contribution in [0.25, 0.3) is 0 Å². The van der Waals surface area contributed by atoms with Crippen LogP contribution in [0.3, 0.4) is 0 Å². The van der Waals surface area contributed by atoms with Crippen molar-refractivity contribution >= 4 is 5.91 Å². The number of aliphatic hydroxyl groups is 1. The van der Waals surface area contributed by atoms with Gasteiger partial charge < -0.3 is 15.5 Å². The van der Waals surface area contributed by atoms with Gasteiger partial charge in [-0.15, -0.1) is 0 Å². The summed E-state index contributed by atoms with van der Waals surface area (Å²) in [6.07, 6.45) is -0.550. The molecule has 0 radical (unpaired) electrons. The van der Waals surface area contributed by atoms with Crippen LogP contribution in [0.2, 0.25) is 0 Å². The standard InChI is InChI=1S/C18H21NO3/c1-12-5-3-4-6-15(12)17(21)11-19-18(22)10-14-8-7-13(2)16(20)9-14/h3-9,17,20-21H,10-11H2,1-2H3,(H,19,22). The second-order valence-corrected chi connectivity index (χ2v) is 5.47. The molecule has 1 amide bonds. The number of benzene rings is 2. The molecule has 116 valence electrons. The molecule has 0 spiro atoms. The van der Waals surface area contributed by atoms with Crippen LogP contribution in [0, 0.1) is 13.8 Å². The smallest absolute Gasteiger partial charge is 0.224 e. The number of amides is 1. The van der Waals surface area contributed by atoms with Crippen molar-refractivity contribution in [1.82, 2.24) is 5.32 Å². The Morgan fingerprint density at radius 2 is 1.86 bits per heavy atom. The molecule has 0 aromatic heterocycles. The van der Waals surface area contributed by atoms with Gasteiger partial charge in [0.15, 0.2) is 0 Å². The second kappa shape index (κ2) is 7.09. The summed E-state index contributed by atoms with van der Waals surface area (Å²) in [6, 6.07) is 12.7. The third-order valence-corrected chi connectivity index (χ3v) is 3.68. The summed E-state index contributed by atoms with van der Waals surface area (Å²) in [7, 11) is 0. The maximum absolute atomic E-state index is 11.9. The lowest BCUT2D eigenvalue weighted by molar-refractivity contribution is -0.120. The molecule has 1 unspecified atom stereocenters. The van der Waals surface area contributed by atoms with Crippen molar-refractivity contribution in [2.24, 2.45) is 0 Å². The Bertz CT molecular complexity index is 667. The lowest BCUT2D eigenvalue weighted by atomic mass is 10.0. The fourth-order valence-corrected chi connectivity index (χ4v) is 2.29. The van der Waals surface area contributed by atoms with E-state index in [0.717, 1.165) is 22.3 Å². The van der Waals surface area contributed by atoms with Crippen molar-refractivity contribution in [2.45, 2.75) is 26.4 Å². The number of aromatic hydroxyl groups is 1. The van der Waals surface area contributed by atoms with Gasteiger partial charge >= 0.3 is 0 Å². The van der Waals surface area contributed by atoms with Gasteiger partial charge in [-0.3, -0.25) is 4.79 Å². The van der Waals surface area contributed by atoms with Gasteiger partial charge in [0.05, 0.1) is 12.5 Å². The summed E-state index contributed by atoms with van der Waals surface area (Å²) >= 11 is 0. The van der Waals surface area contributed by atoms with Gasteiger partial charge in [-0.25, -0.2) is 0 Å². The first-order valence-electron chi connectivity index (χ1n) is 7.26. The summed E-state index contributed by atoms with van der Waals surface area (Å²) < 4.78 is 0. The number of carbonyl (C=O) groups is 1. The zero-order chi connectivity index (χ0) is 16.1. The van der Waals surface area contributed by atoms with Crippen LogP contribution < -0.4 is 5.32 Å². The highest BCUT2D eigenvalue weighted by atomic mass is 16.3. The summed E-state index contributed by atoms with van der Waals surface area (Å²) in [5, 5.41) is 22.5. The van der Waals surface area contributed by atoms with E-state index in [4.69, 9.17) is 0 Å². The molecule has 2 rings (SSSR count). The van der Waals surface area contributed by atoms with Crippen molar-refractivity contribution in [3.05, 3.63) is 64.7 Å². The SMILES string of the molecule is Cc1ccc(CC(=O)NCC(O)c2ccccc2C)cc1O. The molecule has 0 saturated heterocycles. The van der Waals surface area contributed by atoms with E-state index in [1.165, 1.54) is 0 Å². The topological polar surface area (TPSA) is 69.6 Å². The number of rotatable bonds is 5. The molecule has 4 heteroatoms. The maximum Gasteiger partial charge on any atom is 0.224 e. The highest BCUT2D eigenvalue weighted by Gasteiger charge is 2.12. The van der Waals surface area contributed by atoms with Gasteiger partial charge in [-0.1, -0.05) is 36.4 Å². The van der Waals surface area contributed by atoms with Gasteiger partial charge in [0.25, 0.3) is 0 Å². The first kappa shape index (κ1) is 16.0. The van der Waals surface area contributed by atoms with Crippen LogP contribution in [-0.2, 0) is 11.2 Å². The Hall–Kier alpha value is -2.33. The Balaban J connectivity index is 1.90. The molecule has 4 nitrogen and oxygen atoms in total. The number of carbonyl (C=O) groups excluding carboxylic acids is 1. The van der Waals surface area contributed by atoms with Crippen molar-refractivity contribution in [1.29, 1.82) is 0 Å². The van der Waals surface area contributed by atoms with E-state index in [9.17, 15) is 15.0 Å². The van der Waals surface area contributed by atoms with Crippen LogP contribution in [-0.4, -0.2) is 22.7 Å². The first-order chi connectivity index (χ1) is 10.5. The monoisotopic (exact) mass is 299 g/mol. The minimum absolute atomic E-state index is 0.168. The molecule has 2 aromatic rings. The van der Waals surface area contributed by atoms with Gasteiger partial charge in [0.2, 0.25) is 5.91 Å². The van der Waals surface area contributed by atoms with Crippen molar-refractivity contribution in [3.63, 3.8) is 0 Å². The van der Waals surface area contributed by atoms with E-state index < -0.39 is 6.10 Å². The molecule has 1 atom stereocenters. The predicted octanol–water partition coefficient (Wildman–Crippen LogP) is 2.40. The van der Waals surface area contributed by atoms with Gasteiger partial charge in [0.1, 0.15) is 5.75 Å². The second-order valence-electron chi connectivity index (χ2n) is 5.47. The van der Waals surface area contributed by atoms with E-state index in [2.05, 4.69) is 5.32 Å². The van der Waals surface area contributed by atoms with Crippen LogP contribution in [0.1, 0.15) is 28.4 Å². The molecule has 0 aliphatic carbocycles. The summed E-state index contributed by atoms with van der Waals surface area (Å²) in [5.74, 6) is 0.00105. The normalized spacial score (nSPS) is 12.0. The third-order valence-electron chi connectivity index (χ3n) is 3.68. The summed E-state index contributed by atoms with van der Waals surface area (Å²) in [4.78, 5) is 11.9. The molecule has 22 heavy (non-hydrogen) atoms. The van der Waals surface area contributed by atoms with E-state index in [-0.39, 0.29) is 24.6 Å². The molecule has 0 bridgehead atoms. The lowest BCUT2D eigenvalue weighted by Gasteiger charge is -2.14. The van der Waals surface area contributed by atoms with Crippen molar-refractivity contribution < 1.29 is 15.0 Å². The highest BCUT2D eigenvalue weighted by Crippen LogP contribution is 2.18. The predicted molar refractivity (Wildman–Crippen MR) is 85.7 cm³/mol. The Kier molecular flexibility index (Phi) is 5.17. The fraction of sp³-hybridized carbons (Fsp3) is 0.278. The molecule has 0 saturated carbocycles. The van der Waals surface area contributed by atoms with Crippen LogP contribution in [0.4, 0.5) is 0 Å². The molecule has 0 fully saturated rings. The number of hydrogen-bond donors (Lipinski definition) is 3. The molecular weight excluding hydrogens is 278 g/mol. The number of aryl methyl sites for hydroxylation is 2. The molecule has 0 aliphatic rings. The summed E-state index contributed by atoms with van der Waals surface area (Å²) in [6.45, 7) is 3.90. The van der Waals surface area contributed by atoms with Crippen LogP contribution >= 0.6 is 0 Å². The van der Waals surface area contributed by atoms with Gasteiger partial charge in [-0.2, -0.15) is 0 Å². The van der Waals surface area contributed by atoms with E-state index in [0.29, 0.717) is 0 Å². The molecule has 3 N–H and O–H groups in total. The van der Waals surface area contributed by atoms with Gasteiger partial charge in [0, 0.05) is 6.54 Å². The number of aliphatic hydroxyl groups excluding tert-OH is 1. The lowest BCUT2D eigenvalue weighted by Crippen LogP contribution is -2.29. The molecule has 0 aliphatic heterocycles. The molecular formula is C18H21NO3. The Morgan fingerprint density at radius 1 is 1.14 bits per heavy atom. The molecule has 0 heterocycles. The summed E-state index contributed by atoms with van der Waals surface area (Å²) in [5.41, 5.74) is 3.33. The highest BCUT2D eigenvalue weighted by molar-refractivity contribution is 5.78. The van der Waals surface area contributed by atoms with Crippen LogP contribution in [0.15, 0.2) is 42.5 Å². The Labute approximate surface area is 130 Å². The van der Waals surface area contributed by atoms with E-state index in [1.54, 1.807) is 19.1 Å². The largest absolute Gasteiger partial charge is 0.508 e. The van der Waals surface area contributed by atoms with Crippen molar-refractivity contribution in [3.8, 4) is 5.75 Å². The number of hydrogen-bond acceptors (Lipinski definition) is 3. The quantitative estimate of drug-likeness (QED) is 0.794. The maximum atomic E-state index is 11.9. The van der Waals surface area contributed by atoms with E-state index >= 15 is 0 Å². The zero-order valence-corrected chi connectivity index (χ0v) is 12.8. The van der Waals surface area contributed by atoms with Crippen LogP contribution in [0.5, 0.6) is 5.75 Å². The average Bonchev–Trinajstić information content (AvgIpc) is 2.49. The molecule has 2 aromatic carbocycles. The third kappa shape index (κ3) is 4.09. The number of phenolic OH excluding ortho intramolecular Hbond substituents is 1. The van der Waals surface area contributed by atoms with E-state index in [1.807, 2.05) is 37.3 Å².